The highest BCUT2D eigenvalue weighted by atomic mass is 79.9. The summed E-state index contributed by atoms with van der Waals surface area (Å²) >= 11 is 3.10. The Labute approximate surface area is 125 Å². The molecule has 7 heteroatoms. The monoisotopic (exact) mass is 345 g/mol. The van der Waals surface area contributed by atoms with Crippen molar-refractivity contribution < 1.29 is 14.0 Å². The Kier molecular flexibility index (Phi) is 5.50. The molecular formula is C13H17BrFN3O2. The topological polar surface area (TPSA) is 75.4 Å². The molecule has 0 aliphatic carbocycles. The first-order chi connectivity index (χ1) is 9.27. The van der Waals surface area contributed by atoms with Gasteiger partial charge in [0.1, 0.15) is 11.9 Å². The summed E-state index contributed by atoms with van der Waals surface area (Å²) in [5.74, 6) is -1.30. The maximum atomic E-state index is 13.2. The quantitative estimate of drug-likeness (QED) is 0.816. The maximum absolute atomic E-state index is 13.2. The van der Waals surface area contributed by atoms with Gasteiger partial charge < -0.3 is 16.0 Å². The van der Waals surface area contributed by atoms with Crippen LogP contribution in [0, 0.1) is 5.82 Å². The fourth-order valence-electron chi connectivity index (χ4n) is 1.56. The van der Waals surface area contributed by atoms with Crippen LogP contribution in [0.1, 0.15) is 24.2 Å². The summed E-state index contributed by atoms with van der Waals surface area (Å²) < 4.78 is 13.5. The fraction of sp³-hybridized carbons (Fsp3) is 0.385. The molecule has 1 aromatic carbocycles. The van der Waals surface area contributed by atoms with Gasteiger partial charge in [-0.25, -0.2) is 4.39 Å². The Morgan fingerprint density at radius 2 is 2.10 bits per heavy atom. The number of nitrogen functional groups attached to an aromatic ring is 1. The Balaban J connectivity index is 2.87. The SMILES string of the molecule is CCN(C)C(=O)C(C)NC(=O)c1cc(N)c(F)cc1Br. The third-order valence-electron chi connectivity index (χ3n) is 2.90. The average molecular weight is 346 g/mol. The molecule has 0 saturated heterocycles. The number of hydrogen-bond acceptors (Lipinski definition) is 3. The van der Waals surface area contributed by atoms with Crippen molar-refractivity contribution in [3.05, 3.63) is 28.0 Å². The number of nitrogens with one attached hydrogen (secondary N) is 1. The van der Waals surface area contributed by atoms with E-state index in [-0.39, 0.29) is 21.6 Å². The molecule has 1 rings (SSSR count). The summed E-state index contributed by atoms with van der Waals surface area (Å²) in [4.78, 5) is 25.4. The van der Waals surface area contributed by atoms with Crippen LogP contribution in [-0.2, 0) is 4.79 Å². The van der Waals surface area contributed by atoms with E-state index in [4.69, 9.17) is 5.73 Å². The maximum Gasteiger partial charge on any atom is 0.253 e. The zero-order valence-electron chi connectivity index (χ0n) is 11.5. The molecule has 0 aliphatic rings. The lowest BCUT2D eigenvalue weighted by Crippen LogP contribution is -2.45. The molecule has 0 radical (unpaired) electrons. The van der Waals surface area contributed by atoms with Gasteiger partial charge in [0.05, 0.1) is 11.3 Å². The van der Waals surface area contributed by atoms with E-state index < -0.39 is 17.8 Å². The number of nitrogens with zero attached hydrogens (tertiary/aromatic N) is 1. The fourth-order valence-corrected chi connectivity index (χ4v) is 2.06. The Bertz CT molecular complexity index is 537. The molecule has 2 amide bonds. The van der Waals surface area contributed by atoms with E-state index in [0.29, 0.717) is 6.54 Å². The smallest absolute Gasteiger partial charge is 0.253 e. The van der Waals surface area contributed by atoms with Crippen LogP contribution in [0.2, 0.25) is 0 Å². The van der Waals surface area contributed by atoms with Gasteiger partial charge in [-0.2, -0.15) is 0 Å². The third kappa shape index (κ3) is 3.69. The van der Waals surface area contributed by atoms with Crippen molar-refractivity contribution in [1.82, 2.24) is 10.2 Å². The molecule has 0 saturated carbocycles. The highest BCUT2D eigenvalue weighted by molar-refractivity contribution is 9.10. The number of anilines is 1. The second-order valence-corrected chi connectivity index (χ2v) is 5.26. The molecule has 110 valence electrons. The number of benzene rings is 1. The molecule has 0 bridgehead atoms. The van der Waals surface area contributed by atoms with E-state index in [1.807, 2.05) is 6.92 Å². The zero-order valence-corrected chi connectivity index (χ0v) is 13.1. The molecule has 3 N–H and O–H groups in total. The molecule has 20 heavy (non-hydrogen) atoms. The third-order valence-corrected chi connectivity index (χ3v) is 3.56. The Morgan fingerprint density at radius 1 is 1.50 bits per heavy atom. The van der Waals surface area contributed by atoms with Gasteiger partial charge in [-0.1, -0.05) is 0 Å². The number of likely N-dealkylation sites (N-methyl/N-ethyl adjacent to an activating group) is 1. The van der Waals surface area contributed by atoms with Crippen LogP contribution in [0.15, 0.2) is 16.6 Å². The summed E-state index contributed by atoms with van der Waals surface area (Å²) in [5.41, 5.74) is 5.50. The highest BCUT2D eigenvalue weighted by Gasteiger charge is 2.21. The van der Waals surface area contributed by atoms with E-state index in [1.165, 1.54) is 11.0 Å². The Morgan fingerprint density at radius 3 is 2.65 bits per heavy atom. The number of amides is 2. The van der Waals surface area contributed by atoms with Crippen molar-refractivity contribution >= 4 is 33.4 Å². The minimum atomic E-state index is -0.675. The molecule has 0 spiro atoms. The van der Waals surface area contributed by atoms with Crippen molar-refractivity contribution in [2.75, 3.05) is 19.3 Å². The number of hydrogen-bond donors (Lipinski definition) is 2. The van der Waals surface area contributed by atoms with Gasteiger partial charge in [-0.15, -0.1) is 0 Å². The van der Waals surface area contributed by atoms with Gasteiger partial charge in [0, 0.05) is 18.1 Å². The minimum absolute atomic E-state index is 0.122. The highest BCUT2D eigenvalue weighted by Crippen LogP contribution is 2.22. The summed E-state index contributed by atoms with van der Waals surface area (Å²) in [6.07, 6.45) is 0. The van der Waals surface area contributed by atoms with E-state index in [0.717, 1.165) is 6.07 Å². The molecule has 5 nitrogen and oxygen atoms in total. The molecule has 1 unspecified atom stereocenters. The predicted octanol–water partition coefficient (Wildman–Crippen LogP) is 1.77. The van der Waals surface area contributed by atoms with Crippen LogP contribution in [0.5, 0.6) is 0 Å². The molecule has 0 heterocycles. The first-order valence-electron chi connectivity index (χ1n) is 6.08. The van der Waals surface area contributed by atoms with Crippen LogP contribution >= 0.6 is 15.9 Å². The summed E-state index contributed by atoms with van der Waals surface area (Å²) in [6.45, 7) is 3.98. The van der Waals surface area contributed by atoms with Crippen LogP contribution in [0.3, 0.4) is 0 Å². The van der Waals surface area contributed by atoms with Gasteiger partial charge in [-0.05, 0) is 41.9 Å². The normalized spacial score (nSPS) is 11.8. The number of carbonyl (C=O) groups excluding carboxylic acids is 2. The molecule has 1 aromatic rings. The van der Waals surface area contributed by atoms with E-state index >= 15 is 0 Å². The van der Waals surface area contributed by atoms with Crippen LogP contribution < -0.4 is 11.1 Å². The van der Waals surface area contributed by atoms with Crippen molar-refractivity contribution in [2.45, 2.75) is 19.9 Å². The summed E-state index contributed by atoms with van der Waals surface area (Å²) in [6, 6.07) is 1.68. The van der Waals surface area contributed by atoms with Gasteiger partial charge in [0.15, 0.2) is 0 Å². The van der Waals surface area contributed by atoms with Crippen LogP contribution in [-0.4, -0.2) is 36.3 Å². The zero-order chi connectivity index (χ0) is 15.4. The van der Waals surface area contributed by atoms with Gasteiger partial charge in [-0.3, -0.25) is 9.59 Å². The first kappa shape index (κ1) is 16.4. The largest absolute Gasteiger partial charge is 0.396 e. The van der Waals surface area contributed by atoms with Gasteiger partial charge in [0.2, 0.25) is 5.91 Å². The van der Waals surface area contributed by atoms with Crippen molar-refractivity contribution in [3.8, 4) is 0 Å². The molecule has 0 aliphatic heterocycles. The van der Waals surface area contributed by atoms with E-state index in [9.17, 15) is 14.0 Å². The van der Waals surface area contributed by atoms with Crippen molar-refractivity contribution in [1.29, 1.82) is 0 Å². The standard InChI is InChI=1S/C13H17BrFN3O2/c1-4-18(3)13(20)7(2)17-12(19)8-5-11(16)10(15)6-9(8)14/h5-7H,4,16H2,1-3H3,(H,17,19). The van der Waals surface area contributed by atoms with Crippen molar-refractivity contribution in [2.24, 2.45) is 0 Å². The molecule has 0 fully saturated rings. The second-order valence-electron chi connectivity index (χ2n) is 4.40. The van der Waals surface area contributed by atoms with Crippen molar-refractivity contribution in [3.63, 3.8) is 0 Å². The number of nitrogens with two attached hydrogens (primary N) is 1. The first-order valence-corrected chi connectivity index (χ1v) is 6.87. The molecular weight excluding hydrogens is 329 g/mol. The van der Waals surface area contributed by atoms with Crippen LogP contribution in [0.4, 0.5) is 10.1 Å². The second kappa shape index (κ2) is 6.69. The van der Waals surface area contributed by atoms with Gasteiger partial charge >= 0.3 is 0 Å². The predicted molar refractivity (Wildman–Crippen MR) is 78.8 cm³/mol. The lowest BCUT2D eigenvalue weighted by molar-refractivity contribution is -0.131. The average Bonchev–Trinajstić information content (AvgIpc) is 2.40. The minimum Gasteiger partial charge on any atom is -0.396 e. The van der Waals surface area contributed by atoms with Gasteiger partial charge in [0.25, 0.3) is 5.91 Å². The lowest BCUT2D eigenvalue weighted by atomic mass is 10.1. The lowest BCUT2D eigenvalue weighted by Gasteiger charge is -2.20. The number of halogens is 2. The summed E-state index contributed by atoms with van der Waals surface area (Å²) in [5, 5.41) is 2.56. The number of rotatable bonds is 4. The Hall–Kier alpha value is -1.63. The number of carbonyl (C=O) groups is 2. The summed E-state index contributed by atoms with van der Waals surface area (Å²) in [7, 11) is 1.65. The molecule has 0 aromatic heterocycles. The molecule has 1 atom stereocenters. The van der Waals surface area contributed by atoms with Crippen LogP contribution in [0.25, 0.3) is 0 Å². The van der Waals surface area contributed by atoms with E-state index in [1.54, 1.807) is 14.0 Å². The van der Waals surface area contributed by atoms with E-state index in [2.05, 4.69) is 21.2 Å².